The minimum atomic E-state index is -0.371. The number of likely N-dealkylation sites (tertiary alicyclic amines) is 1. The van der Waals surface area contributed by atoms with E-state index in [1.807, 2.05) is 4.90 Å². The molecule has 0 radical (unpaired) electrons. The maximum absolute atomic E-state index is 12.2. The summed E-state index contributed by atoms with van der Waals surface area (Å²) in [4.78, 5) is 14.2. The Morgan fingerprint density at radius 3 is 2.58 bits per heavy atom. The molecule has 3 fully saturated rings. The second kappa shape index (κ2) is 6.20. The maximum Gasteiger partial charge on any atom is 0.254 e. The molecule has 108 valence electrons. The van der Waals surface area contributed by atoms with Gasteiger partial charge in [0.25, 0.3) is 5.91 Å². The van der Waals surface area contributed by atoms with Crippen LogP contribution >= 0.6 is 0 Å². The average molecular weight is 268 g/mol. The van der Waals surface area contributed by atoms with Crippen molar-refractivity contribution in [2.75, 3.05) is 39.5 Å². The van der Waals surface area contributed by atoms with Gasteiger partial charge in [0, 0.05) is 19.1 Å². The molecular weight excluding hydrogens is 244 g/mol. The van der Waals surface area contributed by atoms with Crippen LogP contribution in [-0.4, -0.2) is 62.4 Å². The minimum Gasteiger partial charge on any atom is -0.376 e. The fraction of sp³-hybridized carbons (Fsp3) is 0.929. The van der Waals surface area contributed by atoms with Crippen LogP contribution in [0, 0.1) is 5.92 Å². The zero-order valence-corrected chi connectivity index (χ0v) is 11.5. The van der Waals surface area contributed by atoms with Gasteiger partial charge in [-0.25, -0.2) is 0 Å². The summed E-state index contributed by atoms with van der Waals surface area (Å²) in [5, 5.41) is 3.63. The molecule has 19 heavy (non-hydrogen) atoms. The summed E-state index contributed by atoms with van der Waals surface area (Å²) in [6.45, 7) is 4.42. The van der Waals surface area contributed by atoms with Crippen molar-refractivity contribution in [3.63, 3.8) is 0 Å². The molecule has 0 aromatic rings. The molecule has 1 atom stereocenters. The summed E-state index contributed by atoms with van der Waals surface area (Å²) in [5.41, 5.74) is 0. The Balaban J connectivity index is 1.39. The highest BCUT2D eigenvalue weighted by Crippen LogP contribution is 2.28. The third-order valence-electron chi connectivity index (χ3n) is 4.29. The molecule has 2 aliphatic heterocycles. The van der Waals surface area contributed by atoms with Crippen LogP contribution in [0.1, 0.15) is 25.7 Å². The molecule has 0 bridgehead atoms. The molecule has 1 unspecified atom stereocenters. The van der Waals surface area contributed by atoms with E-state index < -0.39 is 0 Å². The SMILES string of the molecule is O=C(C1COCCO1)N1CCC(NCC2CC2)CC1. The Morgan fingerprint density at radius 1 is 1.16 bits per heavy atom. The van der Waals surface area contributed by atoms with E-state index in [4.69, 9.17) is 9.47 Å². The first-order chi connectivity index (χ1) is 9.33. The quantitative estimate of drug-likeness (QED) is 0.801. The van der Waals surface area contributed by atoms with Crippen LogP contribution in [-0.2, 0) is 14.3 Å². The normalized spacial score (nSPS) is 29.5. The van der Waals surface area contributed by atoms with Gasteiger partial charge in [0.15, 0.2) is 6.10 Å². The third kappa shape index (κ3) is 3.68. The second-order valence-corrected chi connectivity index (χ2v) is 5.89. The summed E-state index contributed by atoms with van der Waals surface area (Å²) in [5.74, 6) is 1.03. The summed E-state index contributed by atoms with van der Waals surface area (Å²) < 4.78 is 10.8. The first-order valence-corrected chi connectivity index (χ1v) is 7.54. The van der Waals surface area contributed by atoms with Crippen molar-refractivity contribution < 1.29 is 14.3 Å². The number of amides is 1. The largest absolute Gasteiger partial charge is 0.376 e. The Morgan fingerprint density at radius 2 is 1.95 bits per heavy atom. The van der Waals surface area contributed by atoms with E-state index in [0.717, 1.165) is 38.4 Å². The van der Waals surface area contributed by atoms with Crippen LogP contribution in [0.25, 0.3) is 0 Å². The molecule has 5 heteroatoms. The van der Waals surface area contributed by atoms with Crippen molar-refractivity contribution in [3.05, 3.63) is 0 Å². The van der Waals surface area contributed by atoms with Gasteiger partial charge >= 0.3 is 0 Å². The Hall–Kier alpha value is -0.650. The number of carbonyl (C=O) groups is 1. The topological polar surface area (TPSA) is 50.8 Å². The highest BCUT2D eigenvalue weighted by molar-refractivity contribution is 5.81. The smallest absolute Gasteiger partial charge is 0.254 e. The number of piperidine rings is 1. The van der Waals surface area contributed by atoms with Crippen LogP contribution in [0.4, 0.5) is 0 Å². The standard InChI is InChI=1S/C14H24N2O3/c17-14(13-10-18-7-8-19-13)16-5-3-12(4-6-16)15-9-11-1-2-11/h11-13,15H,1-10H2. The lowest BCUT2D eigenvalue weighted by atomic mass is 10.0. The fourth-order valence-electron chi connectivity index (χ4n) is 2.79. The zero-order valence-electron chi connectivity index (χ0n) is 11.5. The summed E-state index contributed by atoms with van der Waals surface area (Å²) in [6, 6.07) is 0.591. The second-order valence-electron chi connectivity index (χ2n) is 5.89. The summed E-state index contributed by atoms with van der Waals surface area (Å²) in [7, 11) is 0. The molecule has 3 rings (SSSR count). The van der Waals surface area contributed by atoms with Gasteiger partial charge < -0.3 is 19.7 Å². The lowest BCUT2D eigenvalue weighted by Crippen LogP contribution is -2.50. The molecule has 1 amide bonds. The lowest BCUT2D eigenvalue weighted by Gasteiger charge is -2.35. The molecule has 2 saturated heterocycles. The van der Waals surface area contributed by atoms with Crippen LogP contribution in [0.15, 0.2) is 0 Å². The number of carbonyl (C=O) groups excluding carboxylic acids is 1. The van der Waals surface area contributed by atoms with Gasteiger partial charge in [-0.2, -0.15) is 0 Å². The van der Waals surface area contributed by atoms with Crippen molar-refractivity contribution in [1.82, 2.24) is 10.2 Å². The van der Waals surface area contributed by atoms with Gasteiger partial charge in [0.1, 0.15) is 0 Å². The summed E-state index contributed by atoms with van der Waals surface area (Å²) >= 11 is 0. The van der Waals surface area contributed by atoms with Gasteiger partial charge in [0.2, 0.25) is 0 Å². The van der Waals surface area contributed by atoms with E-state index in [-0.39, 0.29) is 12.0 Å². The number of nitrogens with zero attached hydrogens (tertiary/aromatic N) is 1. The van der Waals surface area contributed by atoms with E-state index in [0.29, 0.717) is 25.9 Å². The Kier molecular flexibility index (Phi) is 4.35. The van der Waals surface area contributed by atoms with Crippen molar-refractivity contribution in [1.29, 1.82) is 0 Å². The predicted octanol–water partition coefficient (Wildman–Crippen LogP) is 0.392. The Bertz CT molecular complexity index is 306. The van der Waals surface area contributed by atoms with Crippen LogP contribution in [0.5, 0.6) is 0 Å². The van der Waals surface area contributed by atoms with E-state index in [2.05, 4.69) is 5.32 Å². The first-order valence-electron chi connectivity index (χ1n) is 7.54. The zero-order chi connectivity index (χ0) is 13.1. The number of nitrogens with one attached hydrogen (secondary N) is 1. The molecular formula is C14H24N2O3. The van der Waals surface area contributed by atoms with Crippen LogP contribution in [0.2, 0.25) is 0 Å². The van der Waals surface area contributed by atoms with Gasteiger partial charge in [0.05, 0.1) is 19.8 Å². The third-order valence-corrected chi connectivity index (χ3v) is 4.29. The highest BCUT2D eigenvalue weighted by atomic mass is 16.6. The number of ether oxygens (including phenoxy) is 2. The van der Waals surface area contributed by atoms with Crippen molar-refractivity contribution in [3.8, 4) is 0 Å². The fourth-order valence-corrected chi connectivity index (χ4v) is 2.79. The number of rotatable bonds is 4. The van der Waals surface area contributed by atoms with Gasteiger partial charge in [-0.3, -0.25) is 4.79 Å². The Labute approximate surface area is 114 Å². The van der Waals surface area contributed by atoms with Crippen molar-refractivity contribution in [2.45, 2.75) is 37.8 Å². The monoisotopic (exact) mass is 268 g/mol. The van der Waals surface area contributed by atoms with Crippen LogP contribution in [0.3, 0.4) is 0 Å². The molecule has 0 aromatic heterocycles. The van der Waals surface area contributed by atoms with E-state index in [1.54, 1.807) is 0 Å². The highest BCUT2D eigenvalue weighted by Gasteiger charge is 2.31. The maximum atomic E-state index is 12.2. The first kappa shape index (κ1) is 13.3. The molecule has 0 aromatic carbocycles. The molecule has 1 aliphatic carbocycles. The average Bonchev–Trinajstić information content (AvgIpc) is 3.30. The molecule has 1 N–H and O–H groups in total. The molecule has 3 aliphatic rings. The molecule has 2 heterocycles. The predicted molar refractivity (Wildman–Crippen MR) is 70.9 cm³/mol. The minimum absolute atomic E-state index is 0.111. The summed E-state index contributed by atoms with van der Waals surface area (Å²) in [6.07, 6.45) is 4.54. The van der Waals surface area contributed by atoms with Gasteiger partial charge in [-0.15, -0.1) is 0 Å². The lowest BCUT2D eigenvalue weighted by molar-refractivity contribution is -0.159. The van der Waals surface area contributed by atoms with E-state index in [1.165, 1.54) is 12.8 Å². The van der Waals surface area contributed by atoms with Crippen LogP contribution < -0.4 is 5.32 Å². The number of hydrogen-bond acceptors (Lipinski definition) is 4. The van der Waals surface area contributed by atoms with Gasteiger partial charge in [-0.05, 0) is 38.1 Å². The number of hydrogen-bond donors (Lipinski definition) is 1. The molecule has 0 spiro atoms. The van der Waals surface area contributed by atoms with E-state index in [9.17, 15) is 4.79 Å². The van der Waals surface area contributed by atoms with Crippen molar-refractivity contribution in [2.24, 2.45) is 5.92 Å². The molecule has 5 nitrogen and oxygen atoms in total. The molecule has 1 saturated carbocycles. The van der Waals surface area contributed by atoms with Crippen molar-refractivity contribution >= 4 is 5.91 Å². The van der Waals surface area contributed by atoms with E-state index >= 15 is 0 Å². The van der Waals surface area contributed by atoms with Gasteiger partial charge in [-0.1, -0.05) is 0 Å².